The maximum Gasteiger partial charge on any atom is 0.293 e. The summed E-state index contributed by atoms with van der Waals surface area (Å²) in [6, 6.07) is 23.0. The van der Waals surface area contributed by atoms with E-state index < -0.39 is 0 Å². The van der Waals surface area contributed by atoms with Crippen LogP contribution in [0.25, 0.3) is 6.08 Å². The molecule has 0 radical (unpaired) electrons. The van der Waals surface area contributed by atoms with E-state index in [9.17, 15) is 14.9 Å². The Morgan fingerprint density at radius 1 is 1.03 bits per heavy atom. The molecule has 0 bridgehead atoms. The Labute approximate surface area is 227 Å². The van der Waals surface area contributed by atoms with Crippen LogP contribution in [0.3, 0.4) is 0 Å². The van der Waals surface area contributed by atoms with E-state index in [0.717, 1.165) is 34.0 Å². The predicted molar refractivity (Wildman–Crippen MR) is 150 cm³/mol. The Balaban J connectivity index is 1.59. The van der Waals surface area contributed by atoms with Crippen LogP contribution < -0.4 is 9.47 Å². The third-order valence-electron chi connectivity index (χ3n) is 5.97. The molecule has 0 N–H and O–H groups in total. The monoisotopic (exact) mass is 524 g/mol. The molecule has 3 aromatic rings. The fourth-order valence-corrected chi connectivity index (χ4v) is 5.00. The molecule has 4 rings (SSSR count). The van der Waals surface area contributed by atoms with Gasteiger partial charge in [-0.2, -0.15) is 5.26 Å². The number of rotatable bonds is 11. The molecule has 0 spiro atoms. The molecule has 6 nitrogen and oxygen atoms in total. The first-order valence-electron chi connectivity index (χ1n) is 12.3. The highest BCUT2D eigenvalue weighted by molar-refractivity contribution is 8.18. The fourth-order valence-electron chi connectivity index (χ4n) is 4.14. The van der Waals surface area contributed by atoms with Gasteiger partial charge in [0, 0.05) is 17.7 Å². The minimum absolute atomic E-state index is 0.202. The van der Waals surface area contributed by atoms with Gasteiger partial charge in [-0.05, 0) is 66.9 Å². The average Bonchev–Trinajstić information content (AvgIpc) is 3.19. The first-order chi connectivity index (χ1) is 18.5. The van der Waals surface area contributed by atoms with Crippen LogP contribution in [0.5, 0.6) is 11.5 Å². The van der Waals surface area contributed by atoms with E-state index in [2.05, 4.69) is 12.6 Å². The van der Waals surface area contributed by atoms with E-state index >= 15 is 0 Å². The maximum atomic E-state index is 13.1. The highest BCUT2D eigenvalue weighted by atomic mass is 32.2. The Bertz CT molecular complexity index is 1410. The third-order valence-corrected chi connectivity index (χ3v) is 6.87. The second-order valence-electron chi connectivity index (χ2n) is 8.56. The molecule has 1 fully saturated rings. The molecule has 2 amide bonds. The number of ether oxygens (including phenoxy) is 2. The van der Waals surface area contributed by atoms with Crippen molar-refractivity contribution in [1.29, 1.82) is 5.26 Å². The largest absolute Gasteiger partial charge is 0.490 e. The molecule has 1 aliphatic rings. The van der Waals surface area contributed by atoms with E-state index in [1.165, 1.54) is 4.90 Å². The van der Waals surface area contributed by atoms with Crippen LogP contribution in [0.2, 0.25) is 0 Å². The topological polar surface area (TPSA) is 79.6 Å². The van der Waals surface area contributed by atoms with E-state index in [1.807, 2.05) is 61.5 Å². The zero-order chi connectivity index (χ0) is 26.9. The lowest BCUT2D eigenvalue weighted by atomic mass is 10.0. The van der Waals surface area contributed by atoms with Gasteiger partial charge in [0.1, 0.15) is 6.61 Å². The molecule has 1 aliphatic heterocycles. The number of nitrogens with zero attached hydrogens (tertiary/aromatic N) is 2. The van der Waals surface area contributed by atoms with Gasteiger partial charge in [-0.1, -0.05) is 54.6 Å². The van der Waals surface area contributed by atoms with Crippen molar-refractivity contribution >= 4 is 29.0 Å². The summed E-state index contributed by atoms with van der Waals surface area (Å²) < 4.78 is 12.1. The van der Waals surface area contributed by atoms with Gasteiger partial charge in [-0.3, -0.25) is 14.5 Å². The minimum Gasteiger partial charge on any atom is -0.490 e. The number of carbonyl (C=O) groups excluding carboxylic acids is 2. The SMILES string of the molecule is C=CCc1cc(/C=C2\SC(=O)N(CCc3ccccc3)C2=O)cc(OCC)c1OCc1ccccc1C#N. The first kappa shape index (κ1) is 26.8. The number of benzene rings is 3. The quantitative estimate of drug-likeness (QED) is 0.209. The summed E-state index contributed by atoms with van der Waals surface area (Å²) in [4.78, 5) is 27.3. The third kappa shape index (κ3) is 6.34. The molecule has 7 heteroatoms. The standard InChI is InChI=1S/C31H28N2O4S/c1-3-10-24-17-23(18-27(36-4-2)29(24)37-21-26-14-9-8-13-25(26)20-32)19-28-30(34)33(31(35)38-28)16-15-22-11-6-5-7-12-22/h3,5-9,11-14,17-19H,1,4,10,15-16,21H2,2H3/b28-19-. The van der Waals surface area contributed by atoms with Crippen molar-refractivity contribution < 1.29 is 19.1 Å². The lowest BCUT2D eigenvalue weighted by Gasteiger charge is -2.17. The molecule has 0 aliphatic carbocycles. The van der Waals surface area contributed by atoms with Crippen molar-refractivity contribution in [3.63, 3.8) is 0 Å². The van der Waals surface area contributed by atoms with Crippen LogP contribution >= 0.6 is 11.8 Å². The van der Waals surface area contributed by atoms with Crippen molar-refractivity contribution in [2.24, 2.45) is 0 Å². The maximum absolute atomic E-state index is 13.1. The number of carbonyl (C=O) groups is 2. The van der Waals surface area contributed by atoms with Gasteiger partial charge in [0.2, 0.25) is 0 Å². The highest BCUT2D eigenvalue weighted by Crippen LogP contribution is 2.38. The second kappa shape index (κ2) is 12.8. The summed E-state index contributed by atoms with van der Waals surface area (Å²) >= 11 is 0.942. The van der Waals surface area contributed by atoms with Gasteiger partial charge in [0.05, 0.1) is 23.1 Å². The first-order valence-corrected chi connectivity index (χ1v) is 13.2. The summed E-state index contributed by atoms with van der Waals surface area (Å²) in [6.45, 7) is 6.69. The number of nitriles is 1. The minimum atomic E-state index is -0.299. The zero-order valence-electron chi connectivity index (χ0n) is 21.2. The molecule has 0 aromatic heterocycles. The van der Waals surface area contributed by atoms with E-state index in [4.69, 9.17) is 9.47 Å². The lowest BCUT2D eigenvalue weighted by Crippen LogP contribution is -2.30. The van der Waals surface area contributed by atoms with Crippen molar-refractivity contribution in [3.8, 4) is 17.6 Å². The molecule has 0 saturated carbocycles. The number of hydrogen-bond donors (Lipinski definition) is 0. The van der Waals surface area contributed by atoms with Gasteiger partial charge in [0.25, 0.3) is 11.1 Å². The molecule has 0 unspecified atom stereocenters. The smallest absolute Gasteiger partial charge is 0.293 e. The lowest BCUT2D eigenvalue weighted by molar-refractivity contribution is -0.122. The number of hydrogen-bond acceptors (Lipinski definition) is 6. The van der Waals surface area contributed by atoms with Crippen LogP contribution in [0.4, 0.5) is 4.79 Å². The van der Waals surface area contributed by atoms with Crippen molar-refractivity contribution in [3.05, 3.63) is 112 Å². The Kier molecular flexibility index (Phi) is 9.02. The Morgan fingerprint density at radius 2 is 1.79 bits per heavy atom. The van der Waals surface area contributed by atoms with Gasteiger partial charge >= 0.3 is 0 Å². The Hall–Kier alpha value is -4.28. The van der Waals surface area contributed by atoms with Gasteiger partial charge in [0.15, 0.2) is 11.5 Å². The predicted octanol–water partition coefficient (Wildman–Crippen LogP) is 6.54. The molecule has 3 aromatic carbocycles. The van der Waals surface area contributed by atoms with Crippen LogP contribution in [-0.2, 0) is 24.2 Å². The Morgan fingerprint density at radius 3 is 2.53 bits per heavy atom. The molecule has 0 atom stereocenters. The average molecular weight is 525 g/mol. The number of allylic oxidation sites excluding steroid dienone is 1. The van der Waals surface area contributed by atoms with Gasteiger partial charge < -0.3 is 9.47 Å². The summed E-state index contributed by atoms with van der Waals surface area (Å²) in [5.41, 5.74) is 3.95. The number of imide groups is 1. The van der Waals surface area contributed by atoms with Crippen molar-refractivity contribution in [1.82, 2.24) is 4.90 Å². The van der Waals surface area contributed by atoms with E-state index in [-0.39, 0.29) is 17.8 Å². The van der Waals surface area contributed by atoms with E-state index in [1.54, 1.807) is 24.3 Å². The van der Waals surface area contributed by atoms with Crippen molar-refractivity contribution in [2.45, 2.75) is 26.4 Å². The zero-order valence-corrected chi connectivity index (χ0v) is 22.0. The van der Waals surface area contributed by atoms with Crippen LogP contribution in [0.1, 0.15) is 34.7 Å². The van der Waals surface area contributed by atoms with Crippen LogP contribution in [0, 0.1) is 11.3 Å². The molecule has 1 saturated heterocycles. The summed E-state index contributed by atoms with van der Waals surface area (Å²) in [7, 11) is 0. The van der Waals surface area contributed by atoms with Gasteiger partial charge in [-0.25, -0.2) is 0 Å². The fraction of sp³-hybridized carbons (Fsp3) is 0.194. The summed E-state index contributed by atoms with van der Waals surface area (Å²) in [6.07, 6.45) is 4.60. The van der Waals surface area contributed by atoms with E-state index in [0.29, 0.717) is 48.0 Å². The molecule has 1 heterocycles. The van der Waals surface area contributed by atoms with Crippen LogP contribution in [0.15, 0.2) is 84.3 Å². The normalized spacial score (nSPS) is 14.0. The molecular weight excluding hydrogens is 496 g/mol. The van der Waals surface area contributed by atoms with Crippen LogP contribution in [-0.4, -0.2) is 29.2 Å². The second-order valence-corrected chi connectivity index (χ2v) is 9.55. The highest BCUT2D eigenvalue weighted by Gasteiger charge is 2.34. The van der Waals surface area contributed by atoms with Gasteiger partial charge in [-0.15, -0.1) is 6.58 Å². The van der Waals surface area contributed by atoms with Crippen molar-refractivity contribution in [2.75, 3.05) is 13.2 Å². The number of amides is 2. The molecule has 38 heavy (non-hydrogen) atoms. The summed E-state index contributed by atoms with van der Waals surface area (Å²) in [5, 5.41) is 9.14. The summed E-state index contributed by atoms with van der Waals surface area (Å²) in [5.74, 6) is 0.788. The molecule has 192 valence electrons. The number of thioether (sulfide) groups is 1. The molecular formula is C31H28N2O4S.